The van der Waals surface area contributed by atoms with E-state index >= 15 is 0 Å². The van der Waals surface area contributed by atoms with Gasteiger partial charge >= 0.3 is 0 Å². The number of thiazole rings is 1. The number of benzene rings is 1. The summed E-state index contributed by atoms with van der Waals surface area (Å²) in [5.41, 5.74) is 6.52. The zero-order valence-corrected chi connectivity index (χ0v) is 16.0. The molecule has 0 radical (unpaired) electrons. The Labute approximate surface area is 158 Å². The number of aromatic nitrogens is 1. The highest BCUT2D eigenvalue weighted by Gasteiger charge is 2.13. The first kappa shape index (κ1) is 21.2. The minimum Gasteiger partial charge on any atom is -0.490 e. The van der Waals surface area contributed by atoms with Gasteiger partial charge in [0.2, 0.25) is 0 Å². The van der Waals surface area contributed by atoms with Gasteiger partial charge < -0.3 is 20.5 Å². The molecule has 1 aromatic carbocycles. The molecular weight excluding hydrogens is 362 g/mol. The maximum absolute atomic E-state index is 12.2. The largest absolute Gasteiger partial charge is 0.490 e. The number of hydrogen-bond donors (Lipinski definition) is 2. The fourth-order valence-corrected chi connectivity index (χ4v) is 2.60. The van der Waals surface area contributed by atoms with Crippen molar-refractivity contribution in [3.63, 3.8) is 0 Å². The average molecular weight is 386 g/mol. The Kier molecular flexibility index (Phi) is 9.26. The van der Waals surface area contributed by atoms with Crippen LogP contribution in [0.2, 0.25) is 0 Å². The molecule has 0 aliphatic rings. The summed E-state index contributed by atoms with van der Waals surface area (Å²) in [6.45, 7) is 5.62. The van der Waals surface area contributed by atoms with E-state index in [9.17, 15) is 4.79 Å². The van der Waals surface area contributed by atoms with Gasteiger partial charge in [0.05, 0.1) is 13.2 Å². The van der Waals surface area contributed by atoms with Gasteiger partial charge in [-0.25, -0.2) is 4.98 Å². The average Bonchev–Trinajstić information content (AvgIpc) is 3.08. The van der Waals surface area contributed by atoms with Crippen LogP contribution in [-0.2, 0) is 6.54 Å². The van der Waals surface area contributed by atoms with Crippen molar-refractivity contribution in [1.82, 2.24) is 4.98 Å². The zero-order chi connectivity index (χ0) is 17.4. The van der Waals surface area contributed by atoms with Crippen molar-refractivity contribution in [1.29, 1.82) is 0 Å². The van der Waals surface area contributed by atoms with Gasteiger partial charge in [-0.15, -0.1) is 23.7 Å². The second-order valence-corrected chi connectivity index (χ2v) is 6.09. The Morgan fingerprint density at radius 1 is 1.20 bits per heavy atom. The second-order valence-electron chi connectivity index (χ2n) is 5.14. The number of amides is 1. The standard InChI is InChI=1S/C17H23N3O3S.ClH/c1-3-7-22-14-6-5-12(9-15(14)23-8-4-2)19-17(21)13-11-24-16(10-18)20-13;/h5-6,9,11H,3-4,7-8,10,18H2,1-2H3,(H,19,21);1H. The fraction of sp³-hybridized carbons (Fsp3) is 0.412. The Morgan fingerprint density at radius 3 is 2.48 bits per heavy atom. The van der Waals surface area contributed by atoms with Crippen LogP contribution in [0.25, 0.3) is 0 Å². The summed E-state index contributed by atoms with van der Waals surface area (Å²) in [7, 11) is 0. The van der Waals surface area contributed by atoms with Crippen LogP contribution in [0.3, 0.4) is 0 Å². The summed E-state index contributed by atoms with van der Waals surface area (Å²) in [6, 6.07) is 5.37. The topological polar surface area (TPSA) is 86.5 Å². The van der Waals surface area contributed by atoms with E-state index in [1.165, 1.54) is 11.3 Å². The highest BCUT2D eigenvalue weighted by molar-refractivity contribution is 7.09. The number of anilines is 1. The number of carbonyl (C=O) groups excluding carboxylic acids is 1. The van der Waals surface area contributed by atoms with Crippen molar-refractivity contribution in [2.45, 2.75) is 33.2 Å². The van der Waals surface area contributed by atoms with Crippen molar-refractivity contribution in [2.24, 2.45) is 5.73 Å². The number of hydrogen-bond acceptors (Lipinski definition) is 6. The molecule has 8 heteroatoms. The molecule has 2 aromatic rings. The van der Waals surface area contributed by atoms with E-state index in [2.05, 4.69) is 10.3 Å². The minimum atomic E-state index is -0.269. The molecule has 0 bridgehead atoms. The van der Waals surface area contributed by atoms with E-state index < -0.39 is 0 Å². The molecule has 0 aliphatic heterocycles. The SMILES string of the molecule is CCCOc1ccc(NC(=O)c2csc(CN)n2)cc1OCCC.Cl. The number of halogens is 1. The highest BCUT2D eigenvalue weighted by atomic mass is 35.5. The maximum atomic E-state index is 12.2. The van der Waals surface area contributed by atoms with Crippen molar-refractivity contribution < 1.29 is 14.3 Å². The normalized spacial score (nSPS) is 10.0. The Bertz CT molecular complexity index is 679. The van der Waals surface area contributed by atoms with Gasteiger partial charge in [-0.2, -0.15) is 0 Å². The van der Waals surface area contributed by atoms with Crippen LogP contribution in [0.1, 0.15) is 42.2 Å². The number of nitrogens with two attached hydrogens (primary N) is 1. The van der Waals surface area contributed by atoms with E-state index in [1.54, 1.807) is 17.5 Å². The van der Waals surface area contributed by atoms with Gasteiger partial charge in [-0.05, 0) is 25.0 Å². The van der Waals surface area contributed by atoms with Crippen LogP contribution < -0.4 is 20.5 Å². The molecule has 1 heterocycles. The first-order valence-electron chi connectivity index (χ1n) is 8.03. The van der Waals surface area contributed by atoms with E-state index in [1.807, 2.05) is 19.9 Å². The molecule has 0 aliphatic carbocycles. The van der Waals surface area contributed by atoms with Gasteiger partial charge in [0.25, 0.3) is 5.91 Å². The summed E-state index contributed by atoms with van der Waals surface area (Å²) >= 11 is 1.37. The fourth-order valence-electron chi connectivity index (χ4n) is 1.95. The molecule has 0 unspecified atom stereocenters. The van der Waals surface area contributed by atoms with E-state index in [0.717, 1.165) is 17.8 Å². The monoisotopic (exact) mass is 385 g/mol. The molecule has 2 rings (SSSR count). The van der Waals surface area contributed by atoms with Gasteiger partial charge in [0.15, 0.2) is 11.5 Å². The predicted molar refractivity (Wildman–Crippen MR) is 103 cm³/mol. The molecule has 0 atom stereocenters. The third kappa shape index (κ3) is 6.19. The number of nitrogens with zero attached hydrogens (tertiary/aromatic N) is 1. The molecule has 0 saturated carbocycles. The van der Waals surface area contributed by atoms with Crippen LogP contribution in [0, 0.1) is 0 Å². The number of nitrogens with one attached hydrogen (secondary N) is 1. The van der Waals surface area contributed by atoms with Gasteiger partial charge in [-0.1, -0.05) is 13.8 Å². The van der Waals surface area contributed by atoms with Crippen LogP contribution in [-0.4, -0.2) is 24.1 Å². The van der Waals surface area contributed by atoms with Crippen molar-refractivity contribution >= 4 is 35.3 Å². The van der Waals surface area contributed by atoms with Crippen LogP contribution in [0.4, 0.5) is 5.69 Å². The molecule has 25 heavy (non-hydrogen) atoms. The lowest BCUT2D eigenvalue weighted by atomic mass is 10.2. The summed E-state index contributed by atoms with van der Waals surface area (Å²) in [4.78, 5) is 16.4. The predicted octanol–water partition coefficient (Wildman–Crippen LogP) is 3.85. The number of carbonyl (C=O) groups is 1. The van der Waals surface area contributed by atoms with Gasteiger partial charge in [0, 0.05) is 23.7 Å². The molecule has 138 valence electrons. The first-order valence-corrected chi connectivity index (χ1v) is 8.91. The van der Waals surface area contributed by atoms with Gasteiger partial charge in [-0.3, -0.25) is 4.79 Å². The Balaban J connectivity index is 0.00000312. The lowest BCUT2D eigenvalue weighted by molar-refractivity contribution is 0.102. The Hall–Kier alpha value is -1.83. The van der Waals surface area contributed by atoms with Crippen LogP contribution in [0.5, 0.6) is 11.5 Å². The first-order chi connectivity index (χ1) is 11.7. The van der Waals surface area contributed by atoms with Crippen molar-refractivity contribution in [3.05, 3.63) is 34.3 Å². The van der Waals surface area contributed by atoms with Gasteiger partial charge in [0.1, 0.15) is 10.7 Å². The summed E-state index contributed by atoms with van der Waals surface area (Å²) in [6.07, 6.45) is 1.81. The third-order valence-corrected chi connectivity index (χ3v) is 3.96. The lowest BCUT2D eigenvalue weighted by Crippen LogP contribution is -2.13. The van der Waals surface area contributed by atoms with E-state index in [-0.39, 0.29) is 18.3 Å². The maximum Gasteiger partial charge on any atom is 0.275 e. The third-order valence-electron chi connectivity index (χ3n) is 3.08. The quantitative estimate of drug-likeness (QED) is 0.684. The molecule has 1 aromatic heterocycles. The smallest absolute Gasteiger partial charge is 0.275 e. The van der Waals surface area contributed by atoms with Crippen LogP contribution >= 0.6 is 23.7 Å². The van der Waals surface area contributed by atoms with Crippen molar-refractivity contribution in [2.75, 3.05) is 18.5 Å². The highest BCUT2D eigenvalue weighted by Crippen LogP contribution is 2.31. The molecule has 6 nitrogen and oxygen atoms in total. The Morgan fingerprint density at radius 2 is 1.88 bits per heavy atom. The number of rotatable bonds is 9. The van der Waals surface area contributed by atoms with Crippen LogP contribution in [0.15, 0.2) is 23.6 Å². The van der Waals surface area contributed by atoms with E-state index in [0.29, 0.717) is 42.6 Å². The lowest BCUT2D eigenvalue weighted by Gasteiger charge is -2.13. The molecule has 1 amide bonds. The molecule has 0 fully saturated rings. The minimum absolute atomic E-state index is 0. The second kappa shape index (κ2) is 10.9. The summed E-state index contributed by atoms with van der Waals surface area (Å²) in [5.74, 6) is 1.04. The summed E-state index contributed by atoms with van der Waals surface area (Å²) in [5, 5.41) is 5.26. The number of ether oxygens (including phenoxy) is 2. The molecule has 0 saturated heterocycles. The van der Waals surface area contributed by atoms with Crippen molar-refractivity contribution in [3.8, 4) is 11.5 Å². The zero-order valence-electron chi connectivity index (χ0n) is 14.4. The molecule has 0 spiro atoms. The van der Waals surface area contributed by atoms with E-state index in [4.69, 9.17) is 15.2 Å². The summed E-state index contributed by atoms with van der Waals surface area (Å²) < 4.78 is 11.4. The molecular formula is C17H24ClN3O3S. The molecule has 3 N–H and O–H groups in total.